The van der Waals surface area contributed by atoms with Crippen molar-refractivity contribution in [3.05, 3.63) is 63.3 Å². The van der Waals surface area contributed by atoms with E-state index in [0.717, 1.165) is 18.4 Å². The van der Waals surface area contributed by atoms with E-state index < -0.39 is 5.97 Å². The van der Waals surface area contributed by atoms with Crippen LogP contribution in [0.5, 0.6) is 11.5 Å². The fourth-order valence-corrected chi connectivity index (χ4v) is 2.95. The van der Waals surface area contributed by atoms with Crippen LogP contribution < -0.4 is 9.47 Å². The van der Waals surface area contributed by atoms with Crippen LogP contribution in [0.2, 0.25) is 10.0 Å². The zero-order valence-corrected chi connectivity index (χ0v) is 17.7. The predicted octanol–water partition coefficient (Wildman–Crippen LogP) is 5.92. The molecule has 29 heavy (non-hydrogen) atoms. The first kappa shape index (κ1) is 21.2. The number of carbonyl (C=O) groups is 1. The summed E-state index contributed by atoms with van der Waals surface area (Å²) < 4.78 is 16.7. The van der Waals surface area contributed by atoms with E-state index in [9.17, 15) is 4.79 Å². The Bertz CT molecular complexity index is 969. The molecule has 5 nitrogen and oxygen atoms in total. The van der Waals surface area contributed by atoms with Gasteiger partial charge >= 0.3 is 5.97 Å². The van der Waals surface area contributed by atoms with Crippen LogP contribution in [-0.2, 0) is 9.53 Å². The molecule has 1 heterocycles. The first-order chi connectivity index (χ1) is 14.0. The number of hydrogen-bond donors (Lipinski definition) is 0. The minimum Gasteiger partial charge on any atom is -0.490 e. The third-order valence-corrected chi connectivity index (χ3v) is 4.85. The molecule has 0 bridgehead atoms. The SMILES string of the molecule is CCCCOc1ccc(/C=C2\N=C(c3ccc(Cl)c(Cl)c3)OC2=O)cc1OCC. The monoisotopic (exact) mass is 433 g/mol. The van der Waals surface area contributed by atoms with Crippen LogP contribution in [0.25, 0.3) is 6.08 Å². The van der Waals surface area contributed by atoms with Crippen LogP contribution in [0.4, 0.5) is 0 Å². The molecule has 0 aliphatic carbocycles. The molecule has 0 radical (unpaired) electrons. The normalized spacial score (nSPS) is 14.7. The summed E-state index contributed by atoms with van der Waals surface area (Å²) >= 11 is 12.0. The van der Waals surface area contributed by atoms with Gasteiger partial charge in [-0.2, -0.15) is 0 Å². The van der Waals surface area contributed by atoms with Crippen LogP contribution in [0.3, 0.4) is 0 Å². The molecule has 0 fully saturated rings. The second-order valence-electron chi connectivity index (χ2n) is 6.31. The van der Waals surface area contributed by atoms with Gasteiger partial charge in [-0.3, -0.25) is 0 Å². The molecule has 2 aromatic rings. The highest BCUT2D eigenvalue weighted by atomic mass is 35.5. The van der Waals surface area contributed by atoms with Crippen LogP contribution in [0.1, 0.15) is 37.8 Å². The highest BCUT2D eigenvalue weighted by Crippen LogP contribution is 2.31. The van der Waals surface area contributed by atoms with Gasteiger partial charge in [-0.25, -0.2) is 9.79 Å². The van der Waals surface area contributed by atoms with E-state index in [1.807, 2.05) is 25.1 Å². The summed E-state index contributed by atoms with van der Waals surface area (Å²) in [6.07, 6.45) is 3.66. The molecule has 0 N–H and O–H groups in total. The highest BCUT2D eigenvalue weighted by molar-refractivity contribution is 6.42. The van der Waals surface area contributed by atoms with E-state index >= 15 is 0 Å². The van der Waals surface area contributed by atoms with E-state index in [2.05, 4.69) is 11.9 Å². The van der Waals surface area contributed by atoms with Crippen LogP contribution in [-0.4, -0.2) is 25.1 Å². The maximum Gasteiger partial charge on any atom is 0.363 e. The zero-order chi connectivity index (χ0) is 20.8. The van der Waals surface area contributed by atoms with E-state index in [1.54, 1.807) is 24.3 Å². The van der Waals surface area contributed by atoms with Crippen LogP contribution >= 0.6 is 23.2 Å². The third-order valence-electron chi connectivity index (χ3n) is 4.11. The van der Waals surface area contributed by atoms with Crippen molar-refractivity contribution in [1.29, 1.82) is 0 Å². The summed E-state index contributed by atoms with van der Waals surface area (Å²) in [5.74, 6) is 0.950. The molecule has 1 aliphatic rings. The molecule has 0 spiro atoms. The molecule has 0 saturated carbocycles. The first-order valence-electron chi connectivity index (χ1n) is 9.39. The minimum atomic E-state index is -0.535. The van der Waals surface area contributed by atoms with Crippen LogP contribution in [0.15, 0.2) is 47.1 Å². The number of halogens is 2. The van der Waals surface area contributed by atoms with Crippen molar-refractivity contribution in [2.45, 2.75) is 26.7 Å². The number of rotatable bonds is 8. The summed E-state index contributed by atoms with van der Waals surface area (Å²) in [6, 6.07) is 10.4. The molecule has 0 saturated heterocycles. The summed E-state index contributed by atoms with van der Waals surface area (Å²) in [5, 5.41) is 0.779. The third kappa shape index (κ3) is 5.31. The average Bonchev–Trinajstić information content (AvgIpc) is 3.06. The standard InChI is InChI=1S/C22H21Cl2NO4/c1-3-5-10-28-19-9-6-14(12-20(19)27-4-2)11-18-22(26)29-21(25-18)15-7-8-16(23)17(24)13-15/h6-9,11-13H,3-5,10H2,1-2H3/b18-11-. The molecule has 2 aromatic carbocycles. The molecule has 7 heteroatoms. The quantitative estimate of drug-likeness (QED) is 0.294. The zero-order valence-electron chi connectivity index (χ0n) is 16.2. The summed E-state index contributed by atoms with van der Waals surface area (Å²) in [7, 11) is 0. The Labute approximate surface area is 179 Å². The maximum absolute atomic E-state index is 12.2. The second kappa shape index (κ2) is 9.81. The topological polar surface area (TPSA) is 57.1 Å². The van der Waals surface area contributed by atoms with Gasteiger partial charge in [0.05, 0.1) is 23.3 Å². The lowest BCUT2D eigenvalue weighted by molar-refractivity contribution is -0.129. The number of nitrogens with zero attached hydrogens (tertiary/aromatic N) is 1. The molecule has 0 unspecified atom stereocenters. The number of aliphatic imine (C=N–C) groups is 1. The molecule has 0 atom stereocenters. The van der Waals surface area contributed by atoms with Gasteiger partial charge in [0, 0.05) is 5.56 Å². The second-order valence-corrected chi connectivity index (χ2v) is 7.12. The Kier molecular flexibility index (Phi) is 7.18. The van der Waals surface area contributed by atoms with E-state index in [4.69, 9.17) is 37.4 Å². The molecule has 152 valence electrons. The van der Waals surface area contributed by atoms with Crippen molar-refractivity contribution in [3.63, 3.8) is 0 Å². The summed E-state index contributed by atoms with van der Waals surface area (Å²) in [6.45, 7) is 5.14. The van der Waals surface area contributed by atoms with Gasteiger partial charge in [-0.1, -0.05) is 42.6 Å². The fraction of sp³-hybridized carbons (Fsp3) is 0.273. The highest BCUT2D eigenvalue weighted by Gasteiger charge is 2.24. The number of esters is 1. The maximum atomic E-state index is 12.2. The Morgan fingerprint density at radius 3 is 2.59 bits per heavy atom. The van der Waals surface area contributed by atoms with Gasteiger partial charge in [0.25, 0.3) is 0 Å². The van der Waals surface area contributed by atoms with Gasteiger partial charge < -0.3 is 14.2 Å². The number of ether oxygens (including phenoxy) is 3. The van der Waals surface area contributed by atoms with E-state index in [-0.39, 0.29) is 11.6 Å². The molecule has 3 rings (SSSR count). The summed E-state index contributed by atoms with van der Waals surface area (Å²) in [4.78, 5) is 16.5. The van der Waals surface area contributed by atoms with Gasteiger partial charge in [-0.05, 0) is 55.3 Å². The predicted molar refractivity (Wildman–Crippen MR) is 115 cm³/mol. The Hall–Kier alpha value is -2.50. The van der Waals surface area contributed by atoms with Crippen molar-refractivity contribution >= 4 is 41.1 Å². The fourth-order valence-electron chi connectivity index (χ4n) is 2.65. The number of hydrogen-bond acceptors (Lipinski definition) is 5. The molecular formula is C22H21Cl2NO4. The number of cyclic esters (lactones) is 1. The molecular weight excluding hydrogens is 413 g/mol. The van der Waals surface area contributed by atoms with Crippen molar-refractivity contribution in [2.75, 3.05) is 13.2 Å². The minimum absolute atomic E-state index is 0.185. The van der Waals surface area contributed by atoms with E-state index in [1.165, 1.54) is 0 Å². The van der Waals surface area contributed by atoms with Gasteiger partial charge in [-0.15, -0.1) is 0 Å². The first-order valence-corrected chi connectivity index (χ1v) is 10.1. The Balaban J connectivity index is 1.86. The van der Waals surface area contributed by atoms with Crippen molar-refractivity contribution < 1.29 is 19.0 Å². The Morgan fingerprint density at radius 2 is 1.86 bits per heavy atom. The smallest absolute Gasteiger partial charge is 0.363 e. The van der Waals surface area contributed by atoms with Gasteiger partial charge in [0.1, 0.15) is 0 Å². The lowest BCUT2D eigenvalue weighted by Gasteiger charge is -2.12. The number of carbonyl (C=O) groups excluding carboxylic acids is 1. The lowest BCUT2D eigenvalue weighted by atomic mass is 10.1. The van der Waals surface area contributed by atoms with Crippen molar-refractivity contribution in [2.24, 2.45) is 4.99 Å². The van der Waals surface area contributed by atoms with E-state index in [0.29, 0.717) is 40.3 Å². The lowest BCUT2D eigenvalue weighted by Crippen LogP contribution is -2.05. The molecule has 1 aliphatic heterocycles. The molecule has 0 amide bonds. The van der Waals surface area contributed by atoms with Gasteiger partial charge in [0.15, 0.2) is 17.2 Å². The Morgan fingerprint density at radius 1 is 1.03 bits per heavy atom. The van der Waals surface area contributed by atoms with Crippen molar-refractivity contribution in [3.8, 4) is 11.5 Å². The molecule has 0 aromatic heterocycles. The van der Waals surface area contributed by atoms with Crippen LogP contribution in [0, 0.1) is 0 Å². The summed E-state index contributed by atoms with van der Waals surface area (Å²) in [5.41, 5.74) is 1.52. The number of benzene rings is 2. The number of unbranched alkanes of at least 4 members (excludes halogenated alkanes) is 1. The van der Waals surface area contributed by atoms with Crippen molar-refractivity contribution in [1.82, 2.24) is 0 Å². The average molecular weight is 434 g/mol. The largest absolute Gasteiger partial charge is 0.490 e. The van der Waals surface area contributed by atoms with Gasteiger partial charge in [0.2, 0.25) is 5.90 Å².